The number of benzene rings is 1. The van der Waals surface area contributed by atoms with Crippen LogP contribution in [0.1, 0.15) is 5.56 Å². The summed E-state index contributed by atoms with van der Waals surface area (Å²) in [6, 6.07) is 10.3. The second kappa shape index (κ2) is 3.24. The summed E-state index contributed by atoms with van der Waals surface area (Å²) in [5.41, 5.74) is 2.46. The van der Waals surface area contributed by atoms with Gasteiger partial charge in [-0.2, -0.15) is 0 Å². The molecule has 0 radical (unpaired) electrons. The summed E-state index contributed by atoms with van der Waals surface area (Å²) in [5, 5.41) is 2.12. The van der Waals surface area contributed by atoms with Gasteiger partial charge in [-0.3, -0.25) is 0 Å². The molecule has 0 atom stereocenters. The van der Waals surface area contributed by atoms with Gasteiger partial charge >= 0.3 is 0 Å². The molecule has 0 aromatic heterocycles. The molecule has 56 valence electrons. The molecule has 0 unspecified atom stereocenters. The number of nitrogens with one attached hydrogen (secondary N) is 1. The molecule has 0 amide bonds. The van der Waals surface area contributed by atoms with Gasteiger partial charge in [0.05, 0.1) is 5.70 Å². The third kappa shape index (κ3) is 1.54. The van der Waals surface area contributed by atoms with Crippen LogP contribution in [-0.2, 0) is 0 Å². The number of hydrogen-bond donors (Lipinski definition) is 1. The van der Waals surface area contributed by atoms with Gasteiger partial charge < -0.3 is 4.72 Å². The van der Waals surface area contributed by atoms with Gasteiger partial charge in [-0.15, -0.1) is 0 Å². The third-order valence-corrected chi connectivity index (χ3v) is 3.01. The lowest BCUT2D eigenvalue weighted by Crippen LogP contribution is -1.94. The molecule has 0 fully saturated rings. The zero-order valence-corrected chi connectivity index (χ0v) is 7.41. The smallest absolute Gasteiger partial charge is 0.0592 e. The average Bonchev–Trinajstić information content (AvgIpc) is 2.58. The van der Waals surface area contributed by atoms with Crippen LogP contribution in [-0.4, -0.2) is 0 Å². The van der Waals surface area contributed by atoms with E-state index in [0.717, 1.165) is 0 Å². The van der Waals surface area contributed by atoms with Crippen molar-refractivity contribution in [2.24, 2.45) is 0 Å². The molecule has 1 aliphatic heterocycles. The Labute approximate surface area is 73.8 Å². The standard InChI is InChI=1S/C8H7NS2/c1-2-4-7(5-3-1)8-6-10-11-9-8/h1-6,9H. The topological polar surface area (TPSA) is 12.0 Å². The molecule has 0 spiro atoms. The first-order chi connectivity index (χ1) is 5.47. The molecule has 1 heterocycles. The number of hydrogen-bond acceptors (Lipinski definition) is 3. The van der Waals surface area contributed by atoms with E-state index in [2.05, 4.69) is 22.3 Å². The molecule has 11 heavy (non-hydrogen) atoms. The zero-order valence-electron chi connectivity index (χ0n) is 5.78. The quantitative estimate of drug-likeness (QED) is 0.528. The maximum Gasteiger partial charge on any atom is 0.0592 e. The predicted octanol–water partition coefficient (Wildman–Crippen LogP) is 2.88. The van der Waals surface area contributed by atoms with Crippen molar-refractivity contribution in [3.8, 4) is 0 Å². The molecule has 2 rings (SSSR count). The van der Waals surface area contributed by atoms with E-state index in [1.807, 2.05) is 18.2 Å². The van der Waals surface area contributed by atoms with Crippen molar-refractivity contribution in [3.05, 3.63) is 41.3 Å². The highest BCUT2D eigenvalue weighted by molar-refractivity contribution is 8.77. The minimum atomic E-state index is 1.21. The highest BCUT2D eigenvalue weighted by Crippen LogP contribution is 2.32. The van der Waals surface area contributed by atoms with Crippen molar-refractivity contribution >= 4 is 27.5 Å². The molecule has 1 N–H and O–H groups in total. The Balaban J connectivity index is 2.29. The van der Waals surface area contributed by atoms with Crippen LogP contribution in [0.3, 0.4) is 0 Å². The van der Waals surface area contributed by atoms with Crippen molar-refractivity contribution in [2.45, 2.75) is 0 Å². The maximum absolute atomic E-state index is 3.21. The monoisotopic (exact) mass is 181 g/mol. The van der Waals surface area contributed by atoms with Crippen LogP contribution in [0.15, 0.2) is 35.7 Å². The minimum absolute atomic E-state index is 1.21. The fourth-order valence-electron chi connectivity index (χ4n) is 0.910. The molecule has 1 nitrogen and oxygen atoms in total. The van der Waals surface area contributed by atoms with Gasteiger partial charge in [-0.25, -0.2) is 0 Å². The van der Waals surface area contributed by atoms with Crippen LogP contribution in [0.4, 0.5) is 0 Å². The van der Waals surface area contributed by atoms with Crippen molar-refractivity contribution in [1.82, 2.24) is 4.72 Å². The fraction of sp³-hybridized carbons (Fsp3) is 0. The van der Waals surface area contributed by atoms with Gasteiger partial charge in [0.15, 0.2) is 0 Å². The molecule has 1 aliphatic rings. The molecule has 0 bridgehead atoms. The van der Waals surface area contributed by atoms with Crippen molar-refractivity contribution in [2.75, 3.05) is 0 Å². The molecular formula is C8H7NS2. The Morgan fingerprint density at radius 3 is 2.55 bits per heavy atom. The van der Waals surface area contributed by atoms with Gasteiger partial charge in [0.25, 0.3) is 0 Å². The molecule has 1 aromatic rings. The lowest BCUT2D eigenvalue weighted by molar-refractivity contribution is 1.43. The van der Waals surface area contributed by atoms with E-state index >= 15 is 0 Å². The molecule has 0 aliphatic carbocycles. The first-order valence-corrected chi connectivity index (χ1v) is 5.52. The summed E-state index contributed by atoms with van der Waals surface area (Å²) in [6.07, 6.45) is 0. The van der Waals surface area contributed by atoms with Crippen LogP contribution in [0.5, 0.6) is 0 Å². The Morgan fingerprint density at radius 2 is 1.91 bits per heavy atom. The van der Waals surface area contributed by atoms with Crippen LogP contribution < -0.4 is 4.72 Å². The van der Waals surface area contributed by atoms with E-state index in [1.54, 1.807) is 21.8 Å². The van der Waals surface area contributed by atoms with Gasteiger partial charge in [0, 0.05) is 16.4 Å². The third-order valence-electron chi connectivity index (χ3n) is 1.45. The molecule has 0 saturated heterocycles. The largest absolute Gasteiger partial charge is 0.319 e. The predicted molar refractivity (Wildman–Crippen MR) is 52.7 cm³/mol. The molecule has 3 heteroatoms. The van der Waals surface area contributed by atoms with Crippen molar-refractivity contribution in [1.29, 1.82) is 0 Å². The van der Waals surface area contributed by atoms with E-state index < -0.39 is 0 Å². The van der Waals surface area contributed by atoms with E-state index in [1.165, 1.54) is 11.3 Å². The Bertz CT molecular complexity index is 269. The summed E-state index contributed by atoms with van der Waals surface area (Å²) in [4.78, 5) is 0. The first-order valence-electron chi connectivity index (χ1n) is 3.31. The van der Waals surface area contributed by atoms with Crippen LogP contribution in [0.2, 0.25) is 0 Å². The summed E-state index contributed by atoms with van der Waals surface area (Å²) < 4.78 is 3.21. The van der Waals surface area contributed by atoms with Gasteiger partial charge in [0.1, 0.15) is 0 Å². The lowest BCUT2D eigenvalue weighted by Gasteiger charge is -2.00. The maximum atomic E-state index is 3.21. The summed E-state index contributed by atoms with van der Waals surface area (Å²) >= 11 is 0. The molecule has 0 saturated carbocycles. The van der Waals surface area contributed by atoms with Gasteiger partial charge in [-0.1, -0.05) is 30.3 Å². The minimum Gasteiger partial charge on any atom is -0.319 e. The van der Waals surface area contributed by atoms with E-state index in [9.17, 15) is 0 Å². The highest BCUT2D eigenvalue weighted by Gasteiger charge is 2.05. The van der Waals surface area contributed by atoms with Crippen LogP contribution >= 0.6 is 21.8 Å². The number of rotatable bonds is 1. The Morgan fingerprint density at radius 1 is 1.09 bits per heavy atom. The first kappa shape index (κ1) is 7.13. The fourth-order valence-corrected chi connectivity index (χ4v) is 2.49. The SMILES string of the molecule is C1=C(c2ccccc2)NSS1. The Hall–Kier alpha value is -0.540. The second-order valence-corrected chi connectivity index (χ2v) is 4.06. The highest BCUT2D eigenvalue weighted by atomic mass is 33.1. The summed E-state index contributed by atoms with van der Waals surface area (Å²) in [6.45, 7) is 0. The normalized spacial score (nSPS) is 15.8. The Kier molecular flexibility index (Phi) is 2.10. The van der Waals surface area contributed by atoms with Crippen molar-refractivity contribution in [3.63, 3.8) is 0 Å². The van der Waals surface area contributed by atoms with E-state index in [4.69, 9.17) is 0 Å². The van der Waals surface area contributed by atoms with Crippen LogP contribution in [0.25, 0.3) is 5.70 Å². The lowest BCUT2D eigenvalue weighted by atomic mass is 10.2. The van der Waals surface area contributed by atoms with Crippen LogP contribution in [0, 0.1) is 0 Å². The summed E-state index contributed by atoms with van der Waals surface area (Å²) in [5.74, 6) is 0. The average molecular weight is 181 g/mol. The van der Waals surface area contributed by atoms with Gasteiger partial charge in [-0.05, 0) is 16.4 Å². The molecular weight excluding hydrogens is 174 g/mol. The zero-order chi connectivity index (χ0) is 7.52. The van der Waals surface area contributed by atoms with Gasteiger partial charge in [0.2, 0.25) is 0 Å². The second-order valence-electron chi connectivity index (χ2n) is 2.18. The molecule has 1 aromatic carbocycles. The van der Waals surface area contributed by atoms with E-state index in [0.29, 0.717) is 0 Å². The summed E-state index contributed by atoms with van der Waals surface area (Å²) in [7, 11) is 3.37. The van der Waals surface area contributed by atoms with Crippen molar-refractivity contribution < 1.29 is 0 Å². The van der Waals surface area contributed by atoms with E-state index in [-0.39, 0.29) is 0 Å².